The Morgan fingerprint density at radius 3 is 1.77 bits per heavy atom. The van der Waals surface area contributed by atoms with E-state index in [1.165, 1.54) is 106 Å². The van der Waals surface area contributed by atoms with Crippen LogP contribution in [-0.2, 0) is 0 Å². The minimum Gasteiger partial charge on any atom is -0.0654 e. The van der Waals surface area contributed by atoms with Gasteiger partial charge in [-0.2, -0.15) is 0 Å². The van der Waals surface area contributed by atoms with Crippen molar-refractivity contribution in [2.75, 3.05) is 0 Å². The Kier molecular flexibility index (Phi) is 5.33. The topological polar surface area (TPSA) is 0 Å². The fraction of sp³-hybridized carbons (Fsp3) is 1.00. The maximum Gasteiger partial charge on any atom is -0.0193 e. The van der Waals surface area contributed by atoms with Gasteiger partial charge in [-0.3, -0.25) is 0 Å². The molecule has 0 aromatic rings. The van der Waals surface area contributed by atoms with Gasteiger partial charge in [-0.1, -0.05) is 100 Å². The van der Waals surface area contributed by atoms with E-state index in [9.17, 15) is 0 Å². The third-order valence-corrected chi connectivity index (χ3v) is 13.6. The van der Waals surface area contributed by atoms with E-state index < -0.39 is 0 Å². The molecule has 0 bridgehead atoms. The summed E-state index contributed by atoms with van der Waals surface area (Å²) in [5.41, 5.74) is 2.28. The molecule has 0 aromatic heterocycles. The van der Waals surface area contributed by atoms with Crippen LogP contribution >= 0.6 is 0 Å². The Bertz CT molecular complexity index is 635. The van der Waals surface area contributed by atoms with Crippen LogP contribution in [0.4, 0.5) is 0 Å². The summed E-state index contributed by atoms with van der Waals surface area (Å²) in [7, 11) is 0. The Morgan fingerprint density at radius 2 is 1.26 bits per heavy atom. The highest BCUT2D eigenvalue weighted by atomic mass is 15.1. The second-order valence-electron chi connectivity index (χ2n) is 14.5. The van der Waals surface area contributed by atoms with Gasteiger partial charge in [0.1, 0.15) is 0 Å². The lowest BCUT2D eigenvalue weighted by molar-refractivity contribution is -0.617. The van der Waals surface area contributed by atoms with Gasteiger partial charge in [0.2, 0.25) is 0 Å². The van der Waals surface area contributed by atoms with Crippen molar-refractivity contribution in [2.24, 2.45) is 69.0 Å². The van der Waals surface area contributed by atoms with Crippen molar-refractivity contribution in [3.63, 3.8) is 0 Å². The van der Waals surface area contributed by atoms with Gasteiger partial charge >= 0.3 is 0 Å². The van der Waals surface area contributed by atoms with E-state index in [0.717, 1.165) is 11.3 Å². The Morgan fingerprint density at radius 1 is 0.710 bits per heavy atom. The van der Waals surface area contributed by atoms with Crippen LogP contribution in [0.5, 0.6) is 0 Å². The Balaban J connectivity index is 1.20. The molecule has 0 radical (unpaired) electrons. The van der Waals surface area contributed by atoms with Crippen LogP contribution in [0.15, 0.2) is 0 Å². The predicted molar refractivity (Wildman–Crippen MR) is 134 cm³/mol. The molecule has 0 heterocycles. The van der Waals surface area contributed by atoms with Gasteiger partial charge in [-0.25, -0.2) is 0 Å². The minimum atomic E-state index is 0.433. The van der Waals surface area contributed by atoms with Gasteiger partial charge in [-0.05, 0) is 94.7 Å². The van der Waals surface area contributed by atoms with Crippen LogP contribution in [0.2, 0.25) is 0 Å². The highest BCUT2D eigenvalue weighted by Crippen LogP contribution is 3.06. The van der Waals surface area contributed by atoms with Crippen molar-refractivity contribution in [1.29, 1.82) is 0 Å². The molecule has 0 spiro atoms. The first kappa shape index (κ1) is 22.8. The van der Waals surface area contributed by atoms with Crippen LogP contribution in [0.1, 0.15) is 126 Å². The minimum absolute atomic E-state index is 0.433. The molecule has 0 heteroatoms. The molecule has 0 saturated heterocycles. The van der Waals surface area contributed by atoms with Crippen molar-refractivity contribution in [1.82, 2.24) is 0 Å². The van der Waals surface area contributed by atoms with Crippen molar-refractivity contribution >= 4 is 0 Å². The van der Waals surface area contributed by atoms with Crippen LogP contribution in [-0.4, -0.2) is 0 Å². The lowest BCUT2D eigenvalue weighted by Crippen LogP contribution is -3.05. The fourth-order valence-corrected chi connectivity index (χ4v) is 11.3. The van der Waals surface area contributed by atoms with E-state index >= 15 is 0 Å². The Labute approximate surface area is 195 Å². The lowest BCUT2D eigenvalue weighted by atomic mass is 8.96. The zero-order valence-corrected chi connectivity index (χ0v) is 22.4. The van der Waals surface area contributed by atoms with Crippen molar-refractivity contribution in [3.05, 3.63) is 0 Å². The maximum absolute atomic E-state index is 2.71. The summed E-state index contributed by atoms with van der Waals surface area (Å²) >= 11 is 0. The first-order valence-electron chi connectivity index (χ1n) is 14.6. The van der Waals surface area contributed by atoms with Crippen molar-refractivity contribution < 1.29 is 0 Å². The molecule has 6 aliphatic rings. The second kappa shape index (κ2) is 7.25. The third-order valence-electron chi connectivity index (χ3n) is 13.6. The summed E-state index contributed by atoms with van der Waals surface area (Å²) in [6.45, 7) is 20.5. The van der Waals surface area contributed by atoms with E-state index in [2.05, 4.69) is 55.4 Å². The number of rotatable bonds is 15. The second-order valence-corrected chi connectivity index (χ2v) is 14.5. The van der Waals surface area contributed by atoms with E-state index in [0.29, 0.717) is 16.2 Å². The summed E-state index contributed by atoms with van der Waals surface area (Å²) in [4.78, 5) is 0. The summed E-state index contributed by atoms with van der Waals surface area (Å²) in [5.74, 6) is 9.77. The molecule has 0 N–H and O–H groups in total. The first-order valence-corrected chi connectivity index (χ1v) is 14.6. The molecule has 6 fully saturated rings. The van der Waals surface area contributed by atoms with Gasteiger partial charge < -0.3 is 0 Å². The van der Waals surface area contributed by atoms with Gasteiger partial charge in [0.25, 0.3) is 0 Å². The summed E-state index contributed by atoms with van der Waals surface area (Å²) in [6, 6.07) is 0. The molecule has 6 aliphatic carbocycles. The highest BCUT2D eigenvalue weighted by molar-refractivity contribution is 5.49. The monoisotopic (exact) mass is 426 g/mol. The molecular weight excluding hydrogens is 372 g/mol. The van der Waals surface area contributed by atoms with Crippen molar-refractivity contribution in [3.8, 4) is 0 Å². The van der Waals surface area contributed by atoms with E-state index in [1.54, 1.807) is 6.42 Å². The normalized spacial score (nSPS) is 45.1. The molecular formula is C31H54. The molecule has 0 aromatic carbocycles. The lowest BCUT2D eigenvalue weighted by Gasteiger charge is -3.08. The number of hydrogen-bond donors (Lipinski definition) is 0. The van der Waals surface area contributed by atoms with Crippen molar-refractivity contribution in [2.45, 2.75) is 126 Å². The van der Waals surface area contributed by atoms with Gasteiger partial charge in [-0.15, -0.1) is 0 Å². The largest absolute Gasteiger partial charge is 0.0654 e. The number of unbranched alkanes of at least 4 members (excludes halogenated alkanes) is 2. The Hall–Kier alpha value is 0. The van der Waals surface area contributed by atoms with Gasteiger partial charge in [0.15, 0.2) is 0 Å². The molecule has 6 rings (SSSR count). The highest BCUT2D eigenvalue weighted by Gasteiger charge is 3.03. The van der Waals surface area contributed by atoms with E-state index in [4.69, 9.17) is 0 Å². The molecule has 31 heavy (non-hydrogen) atoms. The smallest absolute Gasteiger partial charge is 0.0193 e. The van der Waals surface area contributed by atoms with E-state index in [-0.39, 0.29) is 0 Å². The van der Waals surface area contributed by atoms with E-state index in [1.807, 2.05) is 0 Å². The molecule has 6 saturated carbocycles. The standard InChI is InChI=1S/C31H54/c1-9-12-16-28(5,6)30(8,29(7,11-3)17-13-10-2)18-14-15-20(4)19-31-25-22-21-23(25)27(31)24(21)26(22)31/h20-27H,9-19H2,1-8H3. The quantitative estimate of drug-likeness (QED) is 0.244. The van der Waals surface area contributed by atoms with Gasteiger partial charge in [0.05, 0.1) is 0 Å². The summed E-state index contributed by atoms with van der Waals surface area (Å²) in [5, 5.41) is 0. The molecule has 0 amide bonds. The third kappa shape index (κ3) is 2.50. The van der Waals surface area contributed by atoms with Crippen LogP contribution in [0.25, 0.3) is 0 Å². The molecule has 0 aliphatic heterocycles. The summed E-state index contributed by atoms with van der Waals surface area (Å²) in [6.07, 6.45) is 15.6. The number of hydrogen-bond acceptors (Lipinski definition) is 0. The van der Waals surface area contributed by atoms with Crippen LogP contribution in [0.3, 0.4) is 0 Å². The average Bonchev–Trinajstić information content (AvgIpc) is 2.75. The maximum atomic E-state index is 2.71. The predicted octanol–water partition coefficient (Wildman–Crippen LogP) is 9.38. The fourth-order valence-electron chi connectivity index (χ4n) is 11.3. The average molecular weight is 427 g/mol. The van der Waals surface area contributed by atoms with Crippen LogP contribution in [0, 0.1) is 69.0 Å². The molecule has 3 unspecified atom stereocenters. The summed E-state index contributed by atoms with van der Waals surface area (Å²) < 4.78 is 0. The first-order chi connectivity index (χ1) is 14.6. The molecule has 0 nitrogen and oxygen atoms in total. The zero-order chi connectivity index (χ0) is 22.4. The molecule has 178 valence electrons. The zero-order valence-electron chi connectivity index (χ0n) is 22.4. The SMILES string of the molecule is CCCCC(C)(C)C(C)(CCCC(C)CC12C3C4C5C3C1C5C42)C(C)(CC)CCCC. The van der Waals surface area contributed by atoms with Crippen LogP contribution < -0.4 is 0 Å². The van der Waals surface area contributed by atoms with Gasteiger partial charge in [0, 0.05) is 0 Å². The molecule has 3 atom stereocenters.